The Morgan fingerprint density at radius 1 is 0.830 bits per heavy atom. The quantitative estimate of drug-likeness (QED) is 0.195. The first-order chi connectivity index (χ1) is 25.4. The number of rotatable bonds is 12. The number of carbonyl (C=O) groups is 2. The van der Waals surface area contributed by atoms with Gasteiger partial charge in [0.2, 0.25) is 0 Å². The third-order valence-electron chi connectivity index (χ3n) is 11.9. The van der Waals surface area contributed by atoms with Gasteiger partial charge in [-0.1, -0.05) is 64.2 Å². The number of aliphatic hydroxyl groups is 5. The Bertz CT molecular complexity index is 1360. The van der Waals surface area contributed by atoms with Crippen LogP contribution in [0.4, 0.5) is 0 Å². The van der Waals surface area contributed by atoms with E-state index in [0.717, 1.165) is 38.5 Å². The molecule has 1 aromatic rings. The summed E-state index contributed by atoms with van der Waals surface area (Å²) >= 11 is 0. The first-order valence-corrected chi connectivity index (χ1v) is 19.4. The summed E-state index contributed by atoms with van der Waals surface area (Å²) in [4.78, 5) is 27.4. The Morgan fingerprint density at radius 3 is 2.23 bits per heavy atom. The highest BCUT2D eigenvalue weighted by atomic mass is 16.7. The lowest BCUT2D eigenvalue weighted by Crippen LogP contribution is -2.64. The van der Waals surface area contributed by atoms with Gasteiger partial charge in [0.15, 0.2) is 24.3 Å². The molecule has 0 aromatic heterocycles. The molecule has 0 amide bonds. The van der Waals surface area contributed by atoms with E-state index in [0.29, 0.717) is 12.8 Å². The summed E-state index contributed by atoms with van der Waals surface area (Å²) in [6.45, 7) is 6.80. The second kappa shape index (κ2) is 17.3. The van der Waals surface area contributed by atoms with Crippen molar-refractivity contribution in [1.29, 1.82) is 0 Å². The fourth-order valence-corrected chi connectivity index (χ4v) is 9.01. The Morgan fingerprint density at radius 2 is 1.55 bits per heavy atom. The summed E-state index contributed by atoms with van der Waals surface area (Å²) in [5, 5.41) is 53.7. The lowest BCUT2D eigenvalue weighted by atomic mass is 9.79. The molecule has 14 heteroatoms. The van der Waals surface area contributed by atoms with Crippen LogP contribution in [0.3, 0.4) is 0 Å². The van der Waals surface area contributed by atoms with Gasteiger partial charge in [0, 0.05) is 5.92 Å². The van der Waals surface area contributed by atoms with Gasteiger partial charge in [0.25, 0.3) is 0 Å². The number of benzene rings is 1. The SMILES string of the molecule is CCOC(=O)C1(OC2C(O)C(CO)OC(OC3CC(C)CC(C)C3OC3OC(C)C(O)C(O)C3O)C2OC(=O)c2ccccc2)CC1C1CCCCC1. The normalized spacial score (nSPS) is 43.5. The maximum atomic E-state index is 13.7. The number of aliphatic hydroxyl groups excluding tert-OH is 5. The van der Waals surface area contributed by atoms with E-state index in [4.69, 9.17) is 33.2 Å². The van der Waals surface area contributed by atoms with Gasteiger partial charge in [-0.15, -0.1) is 0 Å². The van der Waals surface area contributed by atoms with E-state index in [1.807, 2.05) is 6.92 Å². The Balaban J connectivity index is 1.32. The van der Waals surface area contributed by atoms with Crippen molar-refractivity contribution in [3.63, 3.8) is 0 Å². The molecular formula is C39H58O14. The van der Waals surface area contributed by atoms with E-state index in [-0.39, 0.29) is 35.8 Å². The van der Waals surface area contributed by atoms with Crippen LogP contribution in [0.5, 0.6) is 0 Å². The maximum absolute atomic E-state index is 13.7. The van der Waals surface area contributed by atoms with E-state index in [1.54, 1.807) is 44.2 Å². The van der Waals surface area contributed by atoms with Gasteiger partial charge in [-0.05, 0) is 63.0 Å². The third kappa shape index (κ3) is 8.62. The van der Waals surface area contributed by atoms with E-state index >= 15 is 0 Å². The summed E-state index contributed by atoms with van der Waals surface area (Å²) in [6.07, 6.45) is -8.22. The van der Waals surface area contributed by atoms with Crippen LogP contribution in [0, 0.1) is 23.7 Å². The predicted molar refractivity (Wildman–Crippen MR) is 186 cm³/mol. The molecule has 298 valence electrons. The number of esters is 2. The molecule has 16 atom stereocenters. The molecule has 53 heavy (non-hydrogen) atoms. The standard InChI is InChI=1S/C39H58O14/c1-5-47-38(46)39(18-25(39)23-12-8-6-9-13-23)53-33-29(42)27(19-40)50-37(34(33)51-35(45)24-14-10-7-11-15-24)49-26-17-20(2)16-21(3)32(26)52-36-31(44)30(43)28(41)22(4)48-36/h7,10-11,14-15,20-23,25-34,36-37,40-44H,5-6,8-9,12-13,16-19H2,1-4H3. The maximum Gasteiger partial charge on any atom is 0.338 e. The second-order valence-electron chi connectivity index (χ2n) is 15.9. The van der Waals surface area contributed by atoms with Gasteiger partial charge in [0.1, 0.15) is 36.6 Å². The molecule has 3 saturated carbocycles. The molecular weight excluding hydrogens is 692 g/mol. The van der Waals surface area contributed by atoms with Gasteiger partial charge in [-0.25, -0.2) is 9.59 Å². The molecule has 2 aliphatic heterocycles. The second-order valence-corrected chi connectivity index (χ2v) is 15.9. The monoisotopic (exact) mass is 750 g/mol. The van der Waals surface area contributed by atoms with Crippen LogP contribution in [0.25, 0.3) is 0 Å². The molecule has 14 nitrogen and oxygen atoms in total. The summed E-state index contributed by atoms with van der Waals surface area (Å²) in [6, 6.07) is 8.30. The van der Waals surface area contributed by atoms with Crippen LogP contribution in [0.2, 0.25) is 0 Å². The lowest BCUT2D eigenvalue weighted by Gasteiger charge is -2.48. The first kappa shape index (κ1) is 40.4. The first-order valence-electron chi connectivity index (χ1n) is 19.4. The largest absolute Gasteiger partial charge is 0.464 e. The van der Waals surface area contributed by atoms with Crippen molar-refractivity contribution in [3.8, 4) is 0 Å². The molecule has 0 spiro atoms. The van der Waals surface area contributed by atoms with Crippen molar-refractivity contribution in [2.45, 2.75) is 158 Å². The molecule has 0 bridgehead atoms. The van der Waals surface area contributed by atoms with Crippen LogP contribution >= 0.6 is 0 Å². The molecule has 1 aromatic carbocycles. The average molecular weight is 751 g/mol. The Labute approximate surface area is 311 Å². The minimum atomic E-state index is -1.54. The minimum Gasteiger partial charge on any atom is -0.464 e. The van der Waals surface area contributed by atoms with Crippen LogP contribution in [-0.4, -0.2) is 130 Å². The Hall–Kier alpha value is -2.24. The molecule has 0 radical (unpaired) electrons. The zero-order chi connectivity index (χ0) is 38.0. The highest BCUT2D eigenvalue weighted by molar-refractivity contribution is 5.89. The molecule has 16 unspecified atom stereocenters. The minimum absolute atomic E-state index is 0.128. The zero-order valence-corrected chi connectivity index (χ0v) is 31.1. The van der Waals surface area contributed by atoms with E-state index in [2.05, 4.69) is 6.92 Å². The van der Waals surface area contributed by atoms with Gasteiger partial charge < -0.3 is 58.7 Å². The van der Waals surface area contributed by atoms with Crippen LogP contribution in [0.15, 0.2) is 30.3 Å². The van der Waals surface area contributed by atoms with Gasteiger partial charge in [-0.2, -0.15) is 0 Å². The summed E-state index contributed by atoms with van der Waals surface area (Å²) in [5.74, 6) is -1.22. The third-order valence-corrected chi connectivity index (χ3v) is 11.9. The van der Waals surface area contributed by atoms with Crippen molar-refractivity contribution < 1.29 is 68.3 Å². The van der Waals surface area contributed by atoms with Crippen molar-refractivity contribution in [3.05, 3.63) is 35.9 Å². The highest BCUT2D eigenvalue weighted by Crippen LogP contribution is 2.57. The molecule has 5 N–H and O–H groups in total. The van der Waals surface area contributed by atoms with E-state index < -0.39 is 97.8 Å². The van der Waals surface area contributed by atoms with Crippen molar-refractivity contribution in [2.24, 2.45) is 23.7 Å². The highest BCUT2D eigenvalue weighted by Gasteiger charge is 2.68. The fourth-order valence-electron chi connectivity index (χ4n) is 9.01. The average Bonchev–Trinajstić information content (AvgIpc) is 3.89. The summed E-state index contributed by atoms with van der Waals surface area (Å²) < 4.78 is 43.4. The van der Waals surface area contributed by atoms with Crippen molar-refractivity contribution in [1.82, 2.24) is 0 Å². The smallest absolute Gasteiger partial charge is 0.338 e. The van der Waals surface area contributed by atoms with Gasteiger partial charge >= 0.3 is 11.9 Å². The Kier molecular flexibility index (Phi) is 13.2. The number of carbonyl (C=O) groups excluding carboxylic acids is 2. The molecule has 5 aliphatic rings. The van der Waals surface area contributed by atoms with E-state index in [9.17, 15) is 35.1 Å². The van der Waals surface area contributed by atoms with E-state index in [1.165, 1.54) is 0 Å². The molecule has 2 saturated heterocycles. The van der Waals surface area contributed by atoms with Crippen LogP contribution in [-0.2, 0) is 38.0 Å². The van der Waals surface area contributed by atoms with Gasteiger partial charge in [0.05, 0.1) is 37.1 Å². The summed E-state index contributed by atoms with van der Waals surface area (Å²) in [5.41, 5.74) is -1.16. The fraction of sp³-hybridized carbons (Fsp3) is 0.795. The zero-order valence-electron chi connectivity index (χ0n) is 31.1. The predicted octanol–water partition coefficient (Wildman–Crippen LogP) is 2.24. The van der Waals surface area contributed by atoms with Gasteiger partial charge in [-0.3, -0.25) is 0 Å². The summed E-state index contributed by atoms with van der Waals surface area (Å²) in [7, 11) is 0. The molecule has 5 fully saturated rings. The molecule has 3 aliphatic carbocycles. The van der Waals surface area contributed by atoms with Crippen LogP contribution in [0.1, 0.15) is 89.4 Å². The van der Waals surface area contributed by atoms with Crippen LogP contribution < -0.4 is 0 Å². The number of hydrogen-bond acceptors (Lipinski definition) is 14. The molecule has 6 rings (SSSR count). The topological polar surface area (TPSA) is 200 Å². The van der Waals surface area contributed by atoms with Crippen molar-refractivity contribution >= 4 is 11.9 Å². The van der Waals surface area contributed by atoms with Crippen molar-refractivity contribution in [2.75, 3.05) is 13.2 Å². The lowest BCUT2D eigenvalue weighted by molar-refractivity contribution is -0.350. The number of ether oxygens (including phenoxy) is 7. The number of hydrogen-bond donors (Lipinski definition) is 5. The molecule has 2 heterocycles.